The Bertz CT molecular complexity index is 1000. The number of esters is 1. The Morgan fingerprint density at radius 2 is 0.687 bits per heavy atom. The molecule has 0 aliphatic rings. The lowest BCUT2D eigenvalue weighted by Gasteiger charge is -2.20. The molecule has 0 aromatic heterocycles. The summed E-state index contributed by atoms with van der Waals surface area (Å²) in [5.41, 5.74) is 0. The Balaban J connectivity index is 3.47. The van der Waals surface area contributed by atoms with E-state index < -0.39 is 12.1 Å². The monoisotopic (exact) mass is 946 g/mol. The van der Waals surface area contributed by atoms with Crippen molar-refractivity contribution in [2.75, 3.05) is 13.2 Å². The van der Waals surface area contributed by atoms with Crippen LogP contribution in [0.3, 0.4) is 0 Å². The molecule has 0 spiro atoms. The van der Waals surface area contributed by atoms with Gasteiger partial charge in [0.15, 0.2) is 0 Å². The van der Waals surface area contributed by atoms with E-state index in [1.165, 1.54) is 257 Å². The number of allylic oxidation sites excluding steroid dienone is 1. The molecule has 3 N–H and O–H groups in total. The first-order valence-electron chi connectivity index (χ1n) is 30.5. The second kappa shape index (κ2) is 57.2. The Labute approximate surface area is 419 Å². The van der Waals surface area contributed by atoms with Gasteiger partial charge in [0.05, 0.1) is 25.4 Å². The molecule has 0 heterocycles. The molecule has 2 atom stereocenters. The van der Waals surface area contributed by atoms with Crippen molar-refractivity contribution in [3.05, 3.63) is 12.2 Å². The molecule has 0 fully saturated rings. The predicted octanol–water partition coefficient (Wildman–Crippen LogP) is 18.9. The molecule has 0 aromatic rings. The maximum absolute atomic E-state index is 12.5. The van der Waals surface area contributed by atoms with Crippen molar-refractivity contribution in [2.45, 2.75) is 353 Å². The zero-order chi connectivity index (χ0) is 48.6. The van der Waals surface area contributed by atoms with Crippen molar-refractivity contribution in [1.29, 1.82) is 0 Å². The van der Waals surface area contributed by atoms with Crippen LogP contribution in [0, 0.1) is 0 Å². The number of hydrogen-bond donors (Lipinski definition) is 3. The molecule has 0 rings (SSSR count). The number of ether oxygens (including phenoxy) is 1. The van der Waals surface area contributed by atoms with Crippen LogP contribution in [0.5, 0.6) is 0 Å². The molecule has 398 valence electrons. The number of nitrogens with one attached hydrogen (secondary N) is 1. The molecular weight excluding hydrogens is 827 g/mol. The predicted molar refractivity (Wildman–Crippen MR) is 292 cm³/mol. The van der Waals surface area contributed by atoms with Gasteiger partial charge in [-0.1, -0.05) is 309 Å². The fraction of sp³-hybridized carbons (Fsp3) is 0.934. The third-order valence-electron chi connectivity index (χ3n) is 14.3. The van der Waals surface area contributed by atoms with Crippen LogP contribution in [0.15, 0.2) is 12.2 Å². The fourth-order valence-corrected chi connectivity index (χ4v) is 9.64. The first kappa shape index (κ1) is 65.6. The zero-order valence-corrected chi connectivity index (χ0v) is 45.4. The highest BCUT2D eigenvalue weighted by atomic mass is 16.5. The number of carbonyl (C=O) groups excluding carboxylic acids is 2. The van der Waals surface area contributed by atoms with E-state index in [0.717, 1.165) is 57.8 Å². The van der Waals surface area contributed by atoms with Gasteiger partial charge in [-0.3, -0.25) is 9.59 Å². The van der Waals surface area contributed by atoms with Crippen LogP contribution in [-0.4, -0.2) is 47.4 Å². The van der Waals surface area contributed by atoms with Gasteiger partial charge in [0.2, 0.25) is 5.91 Å². The van der Waals surface area contributed by atoms with Crippen molar-refractivity contribution in [3.63, 3.8) is 0 Å². The van der Waals surface area contributed by atoms with E-state index >= 15 is 0 Å². The molecule has 0 saturated heterocycles. The summed E-state index contributed by atoms with van der Waals surface area (Å²) < 4.78 is 5.48. The normalized spacial score (nSPS) is 12.6. The standard InChI is InChI=1S/C61H119NO5/c1-3-5-7-9-11-13-15-17-19-20-21-22-23-24-25-26-28-29-33-37-41-45-49-53-59(64)58(57-63)62-60(65)54-50-46-42-38-34-31-32-36-40-44-48-52-56-67-61(66)55-51-47-43-39-35-30-27-18-16-14-12-10-8-6-4-2/h49,53,58-59,63-64H,3-48,50-52,54-57H2,1-2H3,(H,62,65)/b53-49+. The van der Waals surface area contributed by atoms with E-state index in [0.29, 0.717) is 19.4 Å². The van der Waals surface area contributed by atoms with Crippen LogP contribution >= 0.6 is 0 Å². The second-order valence-electron chi connectivity index (χ2n) is 21.0. The Hall–Kier alpha value is -1.40. The first-order chi connectivity index (χ1) is 33.0. The van der Waals surface area contributed by atoms with Crippen LogP contribution in [0.1, 0.15) is 341 Å². The summed E-state index contributed by atoms with van der Waals surface area (Å²) in [6.07, 6.45) is 68.1. The van der Waals surface area contributed by atoms with E-state index in [4.69, 9.17) is 4.74 Å². The number of amides is 1. The summed E-state index contributed by atoms with van der Waals surface area (Å²) in [6.45, 7) is 4.90. The number of aliphatic hydroxyl groups is 2. The molecule has 0 saturated carbocycles. The van der Waals surface area contributed by atoms with Crippen molar-refractivity contribution in [2.24, 2.45) is 0 Å². The van der Waals surface area contributed by atoms with Gasteiger partial charge >= 0.3 is 5.97 Å². The molecule has 0 aromatic carbocycles. The highest BCUT2D eigenvalue weighted by Gasteiger charge is 2.18. The zero-order valence-electron chi connectivity index (χ0n) is 45.4. The minimum Gasteiger partial charge on any atom is -0.466 e. The summed E-state index contributed by atoms with van der Waals surface area (Å²) in [5, 5.41) is 23.2. The van der Waals surface area contributed by atoms with E-state index in [-0.39, 0.29) is 18.5 Å². The van der Waals surface area contributed by atoms with Crippen LogP contribution < -0.4 is 5.32 Å². The smallest absolute Gasteiger partial charge is 0.305 e. The molecule has 6 nitrogen and oxygen atoms in total. The van der Waals surface area contributed by atoms with Crippen molar-refractivity contribution >= 4 is 11.9 Å². The molecule has 1 amide bonds. The maximum atomic E-state index is 12.5. The highest BCUT2D eigenvalue weighted by molar-refractivity contribution is 5.76. The van der Waals surface area contributed by atoms with Crippen LogP contribution in [0.4, 0.5) is 0 Å². The molecule has 67 heavy (non-hydrogen) atoms. The Morgan fingerprint density at radius 1 is 0.403 bits per heavy atom. The Kier molecular flexibility index (Phi) is 56.0. The van der Waals surface area contributed by atoms with Gasteiger partial charge in [0, 0.05) is 12.8 Å². The molecule has 0 radical (unpaired) electrons. The third kappa shape index (κ3) is 53.8. The number of unbranched alkanes of at least 4 members (excludes halogenated alkanes) is 46. The summed E-state index contributed by atoms with van der Waals surface area (Å²) in [6, 6.07) is -0.639. The largest absolute Gasteiger partial charge is 0.466 e. The fourth-order valence-electron chi connectivity index (χ4n) is 9.64. The van der Waals surface area contributed by atoms with Crippen molar-refractivity contribution < 1.29 is 24.5 Å². The van der Waals surface area contributed by atoms with Gasteiger partial charge in [0.1, 0.15) is 0 Å². The quantitative estimate of drug-likeness (QED) is 0.0321. The minimum absolute atomic E-state index is 0.00680. The van der Waals surface area contributed by atoms with Gasteiger partial charge in [0.25, 0.3) is 0 Å². The SMILES string of the molecule is CCCCCCCCCCCCCCCCCCCCCCC/C=C/C(O)C(CO)NC(=O)CCCCCCCCCCCCCCOC(=O)CCCCCCCCCCCCCCCCC. The summed E-state index contributed by atoms with van der Waals surface area (Å²) in [4.78, 5) is 24.6. The Morgan fingerprint density at radius 3 is 1.01 bits per heavy atom. The second-order valence-corrected chi connectivity index (χ2v) is 21.0. The molecular formula is C61H119NO5. The summed E-state index contributed by atoms with van der Waals surface area (Å²) in [7, 11) is 0. The van der Waals surface area contributed by atoms with Crippen LogP contribution in [-0.2, 0) is 14.3 Å². The number of rotatable bonds is 57. The van der Waals surface area contributed by atoms with E-state index in [9.17, 15) is 19.8 Å². The van der Waals surface area contributed by atoms with Crippen molar-refractivity contribution in [3.8, 4) is 0 Å². The highest BCUT2D eigenvalue weighted by Crippen LogP contribution is 2.18. The number of aliphatic hydroxyl groups excluding tert-OH is 2. The van der Waals surface area contributed by atoms with Gasteiger partial charge in [-0.2, -0.15) is 0 Å². The average Bonchev–Trinajstić information content (AvgIpc) is 3.33. The third-order valence-corrected chi connectivity index (χ3v) is 14.3. The molecule has 0 bridgehead atoms. The molecule has 0 aliphatic heterocycles. The van der Waals surface area contributed by atoms with Crippen molar-refractivity contribution in [1.82, 2.24) is 5.32 Å². The van der Waals surface area contributed by atoms with E-state index in [1.807, 2.05) is 6.08 Å². The topological polar surface area (TPSA) is 95.9 Å². The summed E-state index contributed by atoms with van der Waals surface area (Å²) >= 11 is 0. The van der Waals surface area contributed by atoms with E-state index in [1.54, 1.807) is 6.08 Å². The number of hydrogen-bond acceptors (Lipinski definition) is 5. The van der Waals surface area contributed by atoms with Gasteiger partial charge in [-0.15, -0.1) is 0 Å². The minimum atomic E-state index is -0.855. The van der Waals surface area contributed by atoms with Crippen LogP contribution in [0.25, 0.3) is 0 Å². The first-order valence-corrected chi connectivity index (χ1v) is 30.5. The van der Waals surface area contributed by atoms with Crippen LogP contribution in [0.2, 0.25) is 0 Å². The van der Waals surface area contributed by atoms with E-state index in [2.05, 4.69) is 19.2 Å². The van der Waals surface area contributed by atoms with Gasteiger partial charge < -0.3 is 20.3 Å². The molecule has 2 unspecified atom stereocenters. The average molecular weight is 947 g/mol. The molecule has 0 aliphatic carbocycles. The van der Waals surface area contributed by atoms with Gasteiger partial charge in [-0.05, 0) is 32.1 Å². The summed E-state index contributed by atoms with van der Waals surface area (Å²) in [5.74, 6) is -0.0860. The van der Waals surface area contributed by atoms with Gasteiger partial charge in [-0.25, -0.2) is 0 Å². The lowest BCUT2D eigenvalue weighted by atomic mass is 10.0. The lowest BCUT2D eigenvalue weighted by molar-refractivity contribution is -0.143. The molecule has 6 heteroatoms. The lowest BCUT2D eigenvalue weighted by Crippen LogP contribution is -2.45. The maximum Gasteiger partial charge on any atom is 0.305 e. The number of carbonyl (C=O) groups is 2.